The standard InChI is InChI=1S/C21H21NO3/c1-2-25-21(24)19-11-4-3-10-18(19)20(23)17-9-7-8-16(14-17)15-22-12-5-6-13-22/h3-11,14H,2,12-13,15H2,1H3. The Labute approximate surface area is 147 Å². The normalized spacial score (nSPS) is 13.8. The number of ketones is 1. The topological polar surface area (TPSA) is 46.6 Å². The van der Waals surface area contributed by atoms with Crippen molar-refractivity contribution in [3.05, 3.63) is 82.9 Å². The molecule has 25 heavy (non-hydrogen) atoms. The van der Waals surface area contributed by atoms with Crippen LogP contribution in [0.5, 0.6) is 0 Å². The van der Waals surface area contributed by atoms with Crippen molar-refractivity contribution in [3.63, 3.8) is 0 Å². The van der Waals surface area contributed by atoms with Crippen LogP contribution in [0.4, 0.5) is 0 Å². The van der Waals surface area contributed by atoms with Crippen molar-refractivity contribution >= 4 is 11.8 Å². The van der Waals surface area contributed by atoms with Crippen molar-refractivity contribution in [2.24, 2.45) is 0 Å². The summed E-state index contributed by atoms with van der Waals surface area (Å²) in [7, 11) is 0. The number of hydrogen-bond donors (Lipinski definition) is 0. The second-order valence-corrected chi connectivity index (χ2v) is 5.96. The van der Waals surface area contributed by atoms with E-state index in [1.807, 2.05) is 18.2 Å². The van der Waals surface area contributed by atoms with Crippen LogP contribution in [0.3, 0.4) is 0 Å². The number of ether oxygens (including phenoxy) is 1. The predicted molar refractivity (Wildman–Crippen MR) is 96.7 cm³/mol. The molecule has 0 N–H and O–H groups in total. The van der Waals surface area contributed by atoms with Crippen molar-refractivity contribution in [1.29, 1.82) is 0 Å². The zero-order chi connectivity index (χ0) is 17.6. The summed E-state index contributed by atoms with van der Waals surface area (Å²) in [6, 6.07) is 14.4. The van der Waals surface area contributed by atoms with E-state index in [1.165, 1.54) is 0 Å². The maximum atomic E-state index is 12.9. The van der Waals surface area contributed by atoms with Crippen LogP contribution in [0.25, 0.3) is 0 Å². The third-order valence-corrected chi connectivity index (χ3v) is 4.16. The average Bonchev–Trinajstić information content (AvgIpc) is 3.14. The molecule has 1 aliphatic heterocycles. The largest absolute Gasteiger partial charge is 0.462 e. The molecule has 0 unspecified atom stereocenters. The van der Waals surface area contributed by atoms with Gasteiger partial charge in [0.15, 0.2) is 5.78 Å². The van der Waals surface area contributed by atoms with Crippen LogP contribution in [0.2, 0.25) is 0 Å². The highest BCUT2D eigenvalue weighted by Crippen LogP contribution is 2.18. The Morgan fingerprint density at radius 3 is 2.44 bits per heavy atom. The van der Waals surface area contributed by atoms with Crippen LogP contribution in [-0.4, -0.2) is 36.3 Å². The molecule has 2 aromatic carbocycles. The van der Waals surface area contributed by atoms with E-state index in [1.54, 1.807) is 37.3 Å². The molecule has 0 saturated carbocycles. The third kappa shape index (κ3) is 4.03. The predicted octanol–water partition coefficient (Wildman–Crippen LogP) is 3.47. The molecule has 4 heteroatoms. The summed E-state index contributed by atoms with van der Waals surface area (Å²) < 4.78 is 5.06. The molecule has 1 aliphatic rings. The number of benzene rings is 2. The number of rotatable bonds is 6. The van der Waals surface area contributed by atoms with Crippen molar-refractivity contribution in [2.75, 3.05) is 19.7 Å². The van der Waals surface area contributed by atoms with E-state index in [0.717, 1.165) is 25.2 Å². The Bertz CT molecular complexity index is 802. The van der Waals surface area contributed by atoms with Gasteiger partial charge in [-0.3, -0.25) is 9.69 Å². The van der Waals surface area contributed by atoms with Gasteiger partial charge >= 0.3 is 5.97 Å². The molecule has 0 aromatic heterocycles. The smallest absolute Gasteiger partial charge is 0.338 e. The van der Waals surface area contributed by atoms with Crippen molar-refractivity contribution in [3.8, 4) is 0 Å². The van der Waals surface area contributed by atoms with Gasteiger partial charge in [0.25, 0.3) is 0 Å². The maximum absolute atomic E-state index is 12.9. The molecule has 0 spiro atoms. The Morgan fingerprint density at radius 2 is 1.72 bits per heavy atom. The first-order chi connectivity index (χ1) is 12.2. The van der Waals surface area contributed by atoms with E-state index in [0.29, 0.717) is 16.7 Å². The van der Waals surface area contributed by atoms with Gasteiger partial charge in [0.05, 0.1) is 12.2 Å². The molecule has 1 heterocycles. The Hall–Kier alpha value is -2.72. The van der Waals surface area contributed by atoms with E-state index in [2.05, 4.69) is 17.1 Å². The van der Waals surface area contributed by atoms with Crippen LogP contribution in [0, 0.1) is 0 Å². The fraction of sp³-hybridized carbons (Fsp3) is 0.238. The van der Waals surface area contributed by atoms with Gasteiger partial charge in [-0.15, -0.1) is 0 Å². The molecule has 4 nitrogen and oxygen atoms in total. The van der Waals surface area contributed by atoms with Gasteiger partial charge < -0.3 is 4.74 Å². The summed E-state index contributed by atoms with van der Waals surface area (Å²) in [5.74, 6) is -0.629. The number of carbonyl (C=O) groups is 2. The van der Waals surface area contributed by atoms with Crippen LogP contribution in [0.1, 0.15) is 38.8 Å². The minimum Gasteiger partial charge on any atom is -0.462 e. The summed E-state index contributed by atoms with van der Waals surface area (Å²) in [6.07, 6.45) is 4.29. The second kappa shape index (κ2) is 7.90. The Morgan fingerprint density at radius 1 is 1.00 bits per heavy atom. The first-order valence-electron chi connectivity index (χ1n) is 8.46. The highest BCUT2D eigenvalue weighted by Gasteiger charge is 2.19. The molecule has 0 fully saturated rings. The number of carbonyl (C=O) groups excluding carboxylic acids is 2. The lowest BCUT2D eigenvalue weighted by Crippen LogP contribution is -2.19. The van der Waals surface area contributed by atoms with E-state index in [9.17, 15) is 9.59 Å². The van der Waals surface area contributed by atoms with Gasteiger partial charge in [0.2, 0.25) is 0 Å². The molecule has 0 aliphatic carbocycles. The number of nitrogens with zero attached hydrogens (tertiary/aromatic N) is 1. The molecular weight excluding hydrogens is 314 g/mol. The van der Waals surface area contributed by atoms with Crippen molar-refractivity contribution in [2.45, 2.75) is 13.5 Å². The first-order valence-corrected chi connectivity index (χ1v) is 8.46. The lowest BCUT2D eigenvalue weighted by atomic mass is 9.97. The quantitative estimate of drug-likeness (QED) is 0.461. The van der Waals surface area contributed by atoms with Crippen LogP contribution in [0.15, 0.2) is 60.7 Å². The lowest BCUT2D eigenvalue weighted by molar-refractivity contribution is 0.0523. The van der Waals surface area contributed by atoms with E-state index >= 15 is 0 Å². The summed E-state index contributed by atoms with van der Waals surface area (Å²) in [5, 5.41) is 0. The monoisotopic (exact) mass is 335 g/mol. The van der Waals surface area contributed by atoms with Gasteiger partial charge in [0.1, 0.15) is 0 Å². The van der Waals surface area contributed by atoms with E-state index < -0.39 is 5.97 Å². The highest BCUT2D eigenvalue weighted by atomic mass is 16.5. The molecule has 2 aromatic rings. The van der Waals surface area contributed by atoms with Gasteiger partial charge in [-0.05, 0) is 24.6 Å². The molecule has 0 radical (unpaired) electrons. The molecule has 0 bridgehead atoms. The minimum atomic E-state index is -0.467. The summed E-state index contributed by atoms with van der Waals surface area (Å²) >= 11 is 0. The van der Waals surface area contributed by atoms with Crippen LogP contribution < -0.4 is 0 Å². The van der Waals surface area contributed by atoms with Crippen molar-refractivity contribution in [1.82, 2.24) is 4.90 Å². The first kappa shape index (κ1) is 17.1. The van der Waals surface area contributed by atoms with Crippen LogP contribution in [-0.2, 0) is 11.3 Å². The number of hydrogen-bond acceptors (Lipinski definition) is 4. The van der Waals surface area contributed by atoms with E-state index in [4.69, 9.17) is 4.74 Å². The lowest BCUT2D eigenvalue weighted by Gasteiger charge is -2.15. The Kier molecular flexibility index (Phi) is 5.41. The summed E-state index contributed by atoms with van der Waals surface area (Å²) in [5.41, 5.74) is 2.36. The maximum Gasteiger partial charge on any atom is 0.338 e. The molecule has 3 rings (SSSR count). The molecular formula is C21H21NO3. The zero-order valence-electron chi connectivity index (χ0n) is 14.3. The van der Waals surface area contributed by atoms with Gasteiger partial charge in [-0.1, -0.05) is 48.6 Å². The average molecular weight is 335 g/mol. The summed E-state index contributed by atoms with van der Waals surface area (Å²) in [6.45, 7) is 4.70. The molecule has 0 atom stereocenters. The number of esters is 1. The van der Waals surface area contributed by atoms with Gasteiger partial charge in [0, 0.05) is 30.8 Å². The van der Waals surface area contributed by atoms with Gasteiger partial charge in [-0.2, -0.15) is 0 Å². The fourth-order valence-electron chi connectivity index (χ4n) is 2.94. The van der Waals surface area contributed by atoms with Crippen molar-refractivity contribution < 1.29 is 14.3 Å². The third-order valence-electron chi connectivity index (χ3n) is 4.16. The SMILES string of the molecule is CCOC(=O)c1ccccc1C(=O)c1cccc(CN2CC=CC2)c1. The minimum absolute atomic E-state index is 0.162. The summed E-state index contributed by atoms with van der Waals surface area (Å²) in [4.78, 5) is 27.3. The highest BCUT2D eigenvalue weighted by molar-refractivity contribution is 6.14. The zero-order valence-corrected chi connectivity index (χ0v) is 14.3. The van der Waals surface area contributed by atoms with E-state index in [-0.39, 0.29) is 12.4 Å². The van der Waals surface area contributed by atoms with Gasteiger partial charge in [-0.25, -0.2) is 4.79 Å². The Balaban J connectivity index is 1.85. The van der Waals surface area contributed by atoms with Crippen LogP contribution >= 0.6 is 0 Å². The molecule has 128 valence electrons. The fourth-order valence-corrected chi connectivity index (χ4v) is 2.94. The molecule has 0 amide bonds. The second-order valence-electron chi connectivity index (χ2n) is 5.96. The molecule has 0 saturated heterocycles.